The van der Waals surface area contributed by atoms with Crippen LogP contribution in [-0.4, -0.2) is 36.4 Å². The molecule has 9 nitrogen and oxygen atoms in total. The van der Waals surface area contributed by atoms with E-state index in [1.165, 1.54) is 49.6 Å². The molecule has 3 rings (SSSR count). The summed E-state index contributed by atoms with van der Waals surface area (Å²) in [5, 5.41) is 2.61. The first-order chi connectivity index (χ1) is 16.5. The minimum atomic E-state index is -4.07. The van der Waals surface area contributed by atoms with Gasteiger partial charge in [0.05, 0.1) is 28.2 Å². The molecule has 0 aliphatic carbocycles. The Morgan fingerprint density at radius 3 is 1.97 bits per heavy atom. The lowest BCUT2D eigenvalue weighted by atomic mass is 10.1. The number of amides is 1. The van der Waals surface area contributed by atoms with Crippen molar-refractivity contribution in [2.45, 2.75) is 30.6 Å². The molecule has 0 radical (unpaired) electrons. The molecule has 0 saturated carbocycles. The van der Waals surface area contributed by atoms with E-state index in [2.05, 4.69) is 14.8 Å². The molecule has 186 valence electrons. The van der Waals surface area contributed by atoms with Crippen molar-refractivity contribution < 1.29 is 26.4 Å². The van der Waals surface area contributed by atoms with Gasteiger partial charge in [-0.05, 0) is 74.4 Å². The SMILES string of the molecule is CCNC(=O)c1cc(S(=O)(=O)Nc2ccc(S(=O)(=O)Nc3c(C)cccc3C)cc2)ccc1OC. The molecule has 0 spiro atoms. The number of rotatable bonds is 9. The van der Waals surface area contributed by atoms with Gasteiger partial charge in [0.2, 0.25) is 0 Å². The van der Waals surface area contributed by atoms with Gasteiger partial charge in [0.15, 0.2) is 0 Å². The molecule has 0 aliphatic heterocycles. The van der Waals surface area contributed by atoms with Gasteiger partial charge in [0.25, 0.3) is 26.0 Å². The number of anilines is 2. The number of para-hydroxylation sites is 1. The van der Waals surface area contributed by atoms with Gasteiger partial charge >= 0.3 is 0 Å². The molecule has 3 aromatic rings. The summed E-state index contributed by atoms with van der Waals surface area (Å²) in [5.41, 5.74) is 2.30. The third kappa shape index (κ3) is 5.92. The Hall–Kier alpha value is -3.57. The predicted molar refractivity (Wildman–Crippen MR) is 135 cm³/mol. The van der Waals surface area contributed by atoms with Gasteiger partial charge in [-0.25, -0.2) is 16.8 Å². The van der Waals surface area contributed by atoms with Gasteiger partial charge in [-0.3, -0.25) is 14.2 Å². The van der Waals surface area contributed by atoms with E-state index in [0.717, 1.165) is 11.1 Å². The van der Waals surface area contributed by atoms with Crippen molar-refractivity contribution in [2.75, 3.05) is 23.1 Å². The van der Waals surface area contributed by atoms with Crippen LogP contribution >= 0.6 is 0 Å². The first kappa shape index (κ1) is 26.0. The highest BCUT2D eigenvalue weighted by Crippen LogP contribution is 2.26. The Bertz CT molecular complexity index is 1430. The molecular weight excluding hydrogens is 490 g/mol. The summed E-state index contributed by atoms with van der Waals surface area (Å²) in [5.74, 6) is -0.229. The lowest BCUT2D eigenvalue weighted by Gasteiger charge is -2.14. The maximum atomic E-state index is 12.9. The summed E-state index contributed by atoms with van der Waals surface area (Å²) < 4.78 is 61.7. The maximum absolute atomic E-state index is 12.9. The maximum Gasteiger partial charge on any atom is 0.261 e. The van der Waals surface area contributed by atoms with E-state index >= 15 is 0 Å². The molecule has 1 amide bonds. The number of carbonyl (C=O) groups is 1. The monoisotopic (exact) mass is 517 g/mol. The van der Waals surface area contributed by atoms with Gasteiger partial charge in [-0.15, -0.1) is 0 Å². The van der Waals surface area contributed by atoms with Crippen LogP contribution in [-0.2, 0) is 20.0 Å². The summed E-state index contributed by atoms with van der Waals surface area (Å²) in [6.07, 6.45) is 0. The summed E-state index contributed by atoms with van der Waals surface area (Å²) in [6, 6.07) is 14.7. The predicted octanol–water partition coefficient (Wildman–Crippen LogP) is 3.66. The van der Waals surface area contributed by atoms with Crippen LogP contribution in [0, 0.1) is 13.8 Å². The van der Waals surface area contributed by atoms with Crippen molar-refractivity contribution in [1.29, 1.82) is 0 Å². The number of benzene rings is 3. The van der Waals surface area contributed by atoms with E-state index in [1.807, 2.05) is 6.07 Å². The van der Waals surface area contributed by atoms with Crippen molar-refractivity contribution in [3.8, 4) is 5.75 Å². The quantitative estimate of drug-likeness (QED) is 0.397. The standard InChI is InChI=1S/C24H27N3O6S2/c1-5-25-24(28)21-15-20(13-14-22(21)33-4)35(31,32)26-18-9-11-19(12-10-18)34(29,30)27-23-16(2)7-6-8-17(23)3/h6-15,26-27H,5H2,1-4H3,(H,25,28). The van der Waals surface area contributed by atoms with E-state index < -0.39 is 26.0 Å². The number of hydrogen-bond acceptors (Lipinski definition) is 6. The Labute approximate surface area is 205 Å². The smallest absolute Gasteiger partial charge is 0.261 e. The van der Waals surface area contributed by atoms with Gasteiger partial charge in [0, 0.05) is 12.2 Å². The summed E-state index contributed by atoms with van der Waals surface area (Å²) in [6.45, 7) is 5.72. The number of aryl methyl sites for hydroxylation is 2. The molecule has 11 heteroatoms. The molecule has 0 bridgehead atoms. The van der Waals surface area contributed by atoms with E-state index in [1.54, 1.807) is 32.9 Å². The molecule has 0 heterocycles. The highest BCUT2D eigenvalue weighted by molar-refractivity contribution is 7.93. The molecule has 0 aromatic heterocycles. The van der Waals surface area contributed by atoms with E-state index in [9.17, 15) is 21.6 Å². The Kier molecular flexibility index (Phi) is 7.71. The van der Waals surface area contributed by atoms with Crippen molar-refractivity contribution in [3.05, 3.63) is 77.4 Å². The number of nitrogens with one attached hydrogen (secondary N) is 3. The number of hydrogen-bond donors (Lipinski definition) is 3. The lowest BCUT2D eigenvalue weighted by Crippen LogP contribution is -2.24. The minimum Gasteiger partial charge on any atom is -0.496 e. The van der Waals surface area contributed by atoms with Crippen LogP contribution in [0.1, 0.15) is 28.4 Å². The zero-order chi connectivity index (χ0) is 25.8. The second-order valence-electron chi connectivity index (χ2n) is 7.72. The van der Waals surface area contributed by atoms with Crippen molar-refractivity contribution in [3.63, 3.8) is 0 Å². The topological polar surface area (TPSA) is 131 Å². The van der Waals surface area contributed by atoms with Gasteiger partial charge in [-0.2, -0.15) is 0 Å². The summed E-state index contributed by atoms with van der Waals surface area (Å²) in [7, 11) is -6.57. The minimum absolute atomic E-state index is 0.0222. The molecule has 35 heavy (non-hydrogen) atoms. The fraction of sp³-hybridized carbons (Fsp3) is 0.208. The van der Waals surface area contributed by atoms with Gasteiger partial charge in [0.1, 0.15) is 5.75 Å². The summed E-state index contributed by atoms with van der Waals surface area (Å²) >= 11 is 0. The highest BCUT2D eigenvalue weighted by Gasteiger charge is 2.21. The molecule has 0 atom stereocenters. The number of sulfonamides is 2. The Balaban J connectivity index is 1.84. The van der Waals surface area contributed by atoms with E-state index in [-0.39, 0.29) is 26.8 Å². The van der Waals surface area contributed by atoms with Crippen LogP contribution < -0.4 is 19.5 Å². The van der Waals surface area contributed by atoms with Crippen LogP contribution in [0.2, 0.25) is 0 Å². The molecule has 0 fully saturated rings. The van der Waals surface area contributed by atoms with E-state index in [0.29, 0.717) is 12.2 Å². The fourth-order valence-electron chi connectivity index (χ4n) is 3.37. The zero-order valence-corrected chi connectivity index (χ0v) is 21.4. The average Bonchev–Trinajstić information content (AvgIpc) is 2.81. The second kappa shape index (κ2) is 10.4. The lowest BCUT2D eigenvalue weighted by molar-refractivity contribution is 0.0952. The molecule has 3 N–H and O–H groups in total. The number of carbonyl (C=O) groups excluding carboxylic acids is 1. The molecule has 0 unspecified atom stereocenters. The zero-order valence-electron chi connectivity index (χ0n) is 19.7. The molecule has 3 aromatic carbocycles. The molecule has 0 saturated heterocycles. The van der Waals surface area contributed by atoms with Crippen LogP contribution in [0.3, 0.4) is 0 Å². The first-order valence-corrected chi connectivity index (χ1v) is 13.6. The number of ether oxygens (including phenoxy) is 1. The Morgan fingerprint density at radius 1 is 0.829 bits per heavy atom. The first-order valence-electron chi connectivity index (χ1n) is 10.7. The third-order valence-corrected chi connectivity index (χ3v) is 7.94. The molecule has 0 aliphatic rings. The van der Waals surface area contributed by atoms with Crippen LogP contribution in [0.15, 0.2) is 70.5 Å². The van der Waals surface area contributed by atoms with Gasteiger partial charge < -0.3 is 10.1 Å². The van der Waals surface area contributed by atoms with Gasteiger partial charge in [-0.1, -0.05) is 18.2 Å². The normalized spacial score (nSPS) is 11.5. The van der Waals surface area contributed by atoms with Crippen molar-refractivity contribution in [2.24, 2.45) is 0 Å². The van der Waals surface area contributed by atoms with Crippen LogP contribution in [0.5, 0.6) is 5.75 Å². The van der Waals surface area contributed by atoms with Crippen molar-refractivity contribution in [1.82, 2.24) is 5.32 Å². The van der Waals surface area contributed by atoms with Crippen molar-refractivity contribution >= 4 is 37.3 Å². The van der Waals surface area contributed by atoms with Crippen LogP contribution in [0.4, 0.5) is 11.4 Å². The number of methoxy groups -OCH3 is 1. The van der Waals surface area contributed by atoms with Crippen LogP contribution in [0.25, 0.3) is 0 Å². The van der Waals surface area contributed by atoms with E-state index in [4.69, 9.17) is 4.74 Å². The highest BCUT2D eigenvalue weighted by atomic mass is 32.2. The fourth-order valence-corrected chi connectivity index (χ4v) is 5.66. The summed E-state index contributed by atoms with van der Waals surface area (Å²) in [4.78, 5) is 12.1. The largest absolute Gasteiger partial charge is 0.496 e. The molecular formula is C24H27N3O6S2. The second-order valence-corrected chi connectivity index (χ2v) is 11.1. The Morgan fingerprint density at radius 2 is 1.40 bits per heavy atom. The third-order valence-electron chi connectivity index (χ3n) is 5.20. The average molecular weight is 518 g/mol.